The van der Waals surface area contributed by atoms with Crippen LogP contribution in [0, 0.1) is 11.3 Å². The summed E-state index contributed by atoms with van der Waals surface area (Å²) < 4.78 is 5.82. The highest BCUT2D eigenvalue weighted by Crippen LogP contribution is 2.63. The molecule has 0 aromatic rings. The van der Waals surface area contributed by atoms with Crippen LogP contribution in [-0.2, 0) is 4.74 Å². The minimum Gasteiger partial charge on any atom is -0.392 e. The molecule has 0 bridgehead atoms. The molecule has 0 spiro atoms. The molecular weight excluding hydrogens is 244 g/mol. The number of hydrogen-bond donors (Lipinski definition) is 3. The predicted molar refractivity (Wildman–Crippen MR) is 70.3 cm³/mol. The molecule has 19 heavy (non-hydrogen) atoms. The zero-order chi connectivity index (χ0) is 14.0. The van der Waals surface area contributed by atoms with E-state index in [2.05, 4.69) is 6.58 Å². The zero-order valence-electron chi connectivity index (χ0n) is 11.2. The van der Waals surface area contributed by atoms with Gasteiger partial charge in [-0.1, -0.05) is 32.6 Å². The van der Waals surface area contributed by atoms with Crippen molar-refractivity contribution in [1.82, 2.24) is 0 Å². The van der Waals surface area contributed by atoms with Crippen LogP contribution >= 0.6 is 0 Å². The van der Waals surface area contributed by atoms with E-state index in [4.69, 9.17) is 4.74 Å². The fourth-order valence-corrected chi connectivity index (χ4v) is 3.64. The Morgan fingerprint density at radius 3 is 2.79 bits per heavy atom. The van der Waals surface area contributed by atoms with E-state index in [-0.39, 0.29) is 24.0 Å². The molecule has 4 nitrogen and oxygen atoms in total. The van der Waals surface area contributed by atoms with Crippen molar-refractivity contribution in [2.75, 3.05) is 6.61 Å². The molecule has 1 saturated heterocycles. The van der Waals surface area contributed by atoms with Gasteiger partial charge in [0.1, 0.15) is 17.8 Å². The van der Waals surface area contributed by atoms with Crippen LogP contribution in [0.25, 0.3) is 0 Å². The summed E-state index contributed by atoms with van der Waals surface area (Å²) in [6.07, 6.45) is 3.81. The van der Waals surface area contributed by atoms with Gasteiger partial charge in [-0.05, 0) is 23.1 Å². The lowest BCUT2D eigenvalue weighted by molar-refractivity contribution is 0.0605. The summed E-state index contributed by atoms with van der Waals surface area (Å²) >= 11 is 0. The number of allylic oxidation sites excluding steroid dienone is 1. The lowest BCUT2D eigenvalue weighted by Crippen LogP contribution is -2.50. The van der Waals surface area contributed by atoms with E-state index in [1.807, 2.05) is 19.9 Å². The molecule has 0 radical (unpaired) electrons. The smallest absolute Gasteiger partial charge is 0.148 e. The summed E-state index contributed by atoms with van der Waals surface area (Å²) in [6.45, 7) is 7.64. The van der Waals surface area contributed by atoms with Gasteiger partial charge in [0.25, 0.3) is 0 Å². The summed E-state index contributed by atoms with van der Waals surface area (Å²) in [4.78, 5) is 0. The van der Waals surface area contributed by atoms with Crippen molar-refractivity contribution < 1.29 is 20.1 Å². The average Bonchev–Trinajstić information content (AvgIpc) is 3.15. The van der Waals surface area contributed by atoms with E-state index in [1.54, 1.807) is 12.2 Å². The maximum atomic E-state index is 10.3. The lowest BCUT2D eigenvalue weighted by Gasteiger charge is -2.44. The van der Waals surface area contributed by atoms with Crippen molar-refractivity contribution in [3.63, 3.8) is 0 Å². The van der Waals surface area contributed by atoms with Gasteiger partial charge in [-0.15, -0.1) is 0 Å². The summed E-state index contributed by atoms with van der Waals surface area (Å²) in [5.41, 5.74) is 0.233. The Morgan fingerprint density at radius 2 is 2.16 bits per heavy atom. The molecule has 104 valence electrons. The second-order valence-corrected chi connectivity index (χ2v) is 6.04. The zero-order valence-corrected chi connectivity index (χ0v) is 11.2. The van der Waals surface area contributed by atoms with E-state index in [1.165, 1.54) is 0 Å². The van der Waals surface area contributed by atoms with Crippen LogP contribution in [0.2, 0.25) is 0 Å². The molecule has 1 heterocycles. The number of rotatable bonds is 2. The molecule has 0 aromatic heterocycles. The van der Waals surface area contributed by atoms with Crippen molar-refractivity contribution >= 4 is 0 Å². The van der Waals surface area contributed by atoms with Crippen LogP contribution in [0.4, 0.5) is 0 Å². The Balaban J connectivity index is 2.09. The Kier molecular flexibility index (Phi) is 2.61. The van der Waals surface area contributed by atoms with Crippen molar-refractivity contribution in [1.29, 1.82) is 0 Å². The summed E-state index contributed by atoms with van der Waals surface area (Å²) in [5.74, 6) is -0.0189. The SMILES string of the molecule is C=C(CO)[C@@]12O[C@@H]1[C@@]1(C)C(=C[C@@H]2O)C=C[C@@H](O)[C@@H]1C. The fraction of sp³-hybridized carbons (Fsp3) is 0.600. The Morgan fingerprint density at radius 1 is 1.47 bits per heavy atom. The number of aliphatic hydroxyl groups is 3. The molecule has 3 rings (SSSR count). The molecule has 1 fully saturated rings. The second-order valence-electron chi connectivity index (χ2n) is 6.04. The van der Waals surface area contributed by atoms with Gasteiger partial charge >= 0.3 is 0 Å². The second kappa shape index (κ2) is 3.79. The van der Waals surface area contributed by atoms with Crippen molar-refractivity contribution in [3.05, 3.63) is 36.0 Å². The van der Waals surface area contributed by atoms with Crippen LogP contribution < -0.4 is 0 Å². The first kappa shape index (κ1) is 13.1. The molecule has 2 aliphatic carbocycles. The maximum Gasteiger partial charge on any atom is 0.148 e. The molecular formula is C15H20O4. The Labute approximate surface area is 112 Å². The quantitative estimate of drug-likeness (QED) is 0.503. The Bertz CT molecular complexity index is 494. The van der Waals surface area contributed by atoms with E-state index in [0.717, 1.165) is 5.57 Å². The van der Waals surface area contributed by atoms with Crippen LogP contribution in [0.5, 0.6) is 0 Å². The minimum absolute atomic E-state index is 0.0189. The van der Waals surface area contributed by atoms with E-state index in [0.29, 0.717) is 5.57 Å². The molecule has 0 aromatic carbocycles. The van der Waals surface area contributed by atoms with Gasteiger partial charge in [-0.2, -0.15) is 0 Å². The van der Waals surface area contributed by atoms with Gasteiger partial charge in [0.15, 0.2) is 0 Å². The third kappa shape index (κ3) is 1.37. The van der Waals surface area contributed by atoms with Crippen LogP contribution in [0.15, 0.2) is 36.0 Å². The van der Waals surface area contributed by atoms with E-state index in [9.17, 15) is 15.3 Å². The maximum absolute atomic E-state index is 10.3. The minimum atomic E-state index is -0.883. The number of hydrogen-bond acceptors (Lipinski definition) is 4. The van der Waals surface area contributed by atoms with Gasteiger partial charge in [0.05, 0.1) is 12.7 Å². The summed E-state index contributed by atoms with van der Waals surface area (Å²) in [6, 6.07) is 0. The average molecular weight is 264 g/mol. The molecule has 0 unspecified atom stereocenters. The third-order valence-electron chi connectivity index (χ3n) is 5.26. The molecule has 0 saturated carbocycles. The first-order chi connectivity index (χ1) is 8.88. The molecule has 1 aliphatic heterocycles. The van der Waals surface area contributed by atoms with Crippen molar-refractivity contribution in [2.24, 2.45) is 11.3 Å². The molecule has 0 amide bonds. The fourth-order valence-electron chi connectivity index (χ4n) is 3.64. The van der Waals surface area contributed by atoms with Gasteiger partial charge in [-0.25, -0.2) is 0 Å². The monoisotopic (exact) mass is 264 g/mol. The summed E-state index contributed by atoms with van der Waals surface area (Å²) in [7, 11) is 0. The van der Waals surface area contributed by atoms with Crippen LogP contribution in [0.3, 0.4) is 0 Å². The normalized spacial score (nSPS) is 51.1. The van der Waals surface area contributed by atoms with E-state index < -0.39 is 17.8 Å². The highest BCUT2D eigenvalue weighted by Gasteiger charge is 2.73. The van der Waals surface area contributed by atoms with Crippen molar-refractivity contribution in [2.45, 2.75) is 37.8 Å². The third-order valence-corrected chi connectivity index (χ3v) is 5.26. The van der Waals surface area contributed by atoms with Gasteiger partial charge in [0, 0.05) is 5.41 Å². The number of epoxide rings is 1. The highest BCUT2D eigenvalue weighted by molar-refractivity contribution is 5.48. The molecule has 3 aliphatic rings. The highest BCUT2D eigenvalue weighted by atomic mass is 16.6. The van der Waals surface area contributed by atoms with Crippen LogP contribution in [0.1, 0.15) is 13.8 Å². The van der Waals surface area contributed by atoms with Gasteiger partial charge in [-0.3, -0.25) is 0 Å². The topological polar surface area (TPSA) is 73.2 Å². The molecule has 4 heteroatoms. The van der Waals surface area contributed by atoms with Gasteiger partial charge in [0.2, 0.25) is 0 Å². The standard InChI is InChI=1S/C15H20O4/c1-8(7-16)15-12(18)6-10-4-5-11(17)9(2)14(10,3)13(15)19-15/h4-6,9,11-13,16-18H,1,7H2,2-3H3/t9-,11+,12-,13+,14+,15-/m0/s1. The number of aliphatic hydroxyl groups excluding tert-OH is 3. The Hall–Kier alpha value is -0.940. The van der Waals surface area contributed by atoms with E-state index >= 15 is 0 Å². The largest absolute Gasteiger partial charge is 0.392 e. The number of ether oxygens (including phenoxy) is 1. The van der Waals surface area contributed by atoms with Gasteiger partial charge < -0.3 is 20.1 Å². The summed E-state index contributed by atoms with van der Waals surface area (Å²) in [5, 5.41) is 29.7. The van der Waals surface area contributed by atoms with Crippen molar-refractivity contribution in [3.8, 4) is 0 Å². The molecule has 3 N–H and O–H groups in total. The number of fused-ring (bicyclic) bond motifs is 3. The lowest BCUT2D eigenvalue weighted by atomic mass is 9.58. The predicted octanol–water partition coefficient (Wildman–Crippen LogP) is 0.546. The first-order valence-electron chi connectivity index (χ1n) is 6.62. The molecule has 6 atom stereocenters. The van der Waals surface area contributed by atoms with Crippen LogP contribution in [-0.4, -0.2) is 45.8 Å². The first-order valence-corrected chi connectivity index (χ1v) is 6.62.